The van der Waals surface area contributed by atoms with Crippen LogP contribution in [0.3, 0.4) is 0 Å². The van der Waals surface area contributed by atoms with Gasteiger partial charge in [0.1, 0.15) is 5.82 Å². The van der Waals surface area contributed by atoms with Crippen LogP contribution >= 0.6 is 0 Å². The number of imidazole rings is 1. The van der Waals surface area contributed by atoms with Crippen LogP contribution in [0.15, 0.2) is 12.4 Å². The van der Waals surface area contributed by atoms with Crippen LogP contribution in [-0.2, 0) is 18.4 Å². The molecule has 0 radical (unpaired) electrons. The first-order valence-electron chi connectivity index (χ1n) is 5.69. The zero-order valence-corrected chi connectivity index (χ0v) is 9.57. The van der Waals surface area contributed by atoms with E-state index in [0.29, 0.717) is 13.1 Å². The lowest BCUT2D eigenvalue weighted by Gasteiger charge is -2.06. The maximum Gasteiger partial charge on any atom is 0.233 e. The highest BCUT2D eigenvalue weighted by Gasteiger charge is 2.21. The molecule has 0 bridgehead atoms. The predicted octanol–water partition coefficient (Wildman–Crippen LogP) is 0.0359. The van der Waals surface area contributed by atoms with Gasteiger partial charge in [-0.3, -0.25) is 4.79 Å². The molecular weight excluding hydrogens is 204 g/mol. The van der Waals surface area contributed by atoms with Gasteiger partial charge < -0.3 is 15.2 Å². The molecule has 5 heteroatoms. The fourth-order valence-corrected chi connectivity index (χ4v) is 1.50. The molecule has 1 aliphatic carbocycles. The van der Waals surface area contributed by atoms with Crippen molar-refractivity contribution in [3.8, 4) is 0 Å². The van der Waals surface area contributed by atoms with Crippen LogP contribution < -0.4 is 10.6 Å². The number of nitrogens with zero attached hydrogens (tertiary/aromatic N) is 2. The van der Waals surface area contributed by atoms with Crippen LogP contribution in [0, 0.1) is 5.92 Å². The Hall–Kier alpha value is -1.36. The highest BCUT2D eigenvalue weighted by atomic mass is 16.1. The summed E-state index contributed by atoms with van der Waals surface area (Å²) in [5.41, 5.74) is 0. The molecule has 1 amide bonds. The van der Waals surface area contributed by atoms with Gasteiger partial charge in [0.25, 0.3) is 0 Å². The van der Waals surface area contributed by atoms with E-state index in [1.807, 2.05) is 17.8 Å². The predicted molar refractivity (Wildman–Crippen MR) is 60.6 cm³/mol. The maximum atomic E-state index is 11.4. The summed E-state index contributed by atoms with van der Waals surface area (Å²) in [6.45, 7) is 1.82. The van der Waals surface area contributed by atoms with Crippen LogP contribution in [0.5, 0.6) is 0 Å². The summed E-state index contributed by atoms with van der Waals surface area (Å²) in [7, 11) is 1.94. The standard InChI is InChI=1S/C11H18N4O/c1-15-5-4-13-10(15)7-12-8-11(16)14-6-9-2-3-9/h4-5,9,12H,2-3,6-8H2,1H3,(H,14,16). The summed E-state index contributed by atoms with van der Waals surface area (Å²) in [4.78, 5) is 15.6. The zero-order valence-electron chi connectivity index (χ0n) is 9.57. The minimum absolute atomic E-state index is 0.0705. The molecule has 1 heterocycles. The minimum Gasteiger partial charge on any atom is -0.355 e. The summed E-state index contributed by atoms with van der Waals surface area (Å²) in [6, 6.07) is 0. The zero-order chi connectivity index (χ0) is 11.4. The largest absolute Gasteiger partial charge is 0.355 e. The average Bonchev–Trinajstić information content (AvgIpc) is 3.01. The molecule has 0 aliphatic heterocycles. The van der Waals surface area contributed by atoms with Gasteiger partial charge in [0.05, 0.1) is 13.1 Å². The Morgan fingerprint density at radius 2 is 2.44 bits per heavy atom. The van der Waals surface area contributed by atoms with E-state index in [-0.39, 0.29) is 5.91 Å². The Kier molecular flexibility index (Phi) is 3.56. The lowest BCUT2D eigenvalue weighted by molar-refractivity contribution is -0.120. The van der Waals surface area contributed by atoms with Crippen molar-refractivity contribution >= 4 is 5.91 Å². The van der Waals surface area contributed by atoms with Crippen molar-refractivity contribution in [3.05, 3.63) is 18.2 Å². The number of carbonyl (C=O) groups is 1. The van der Waals surface area contributed by atoms with Crippen LogP contribution in [0.4, 0.5) is 0 Å². The summed E-state index contributed by atoms with van der Waals surface area (Å²) < 4.78 is 1.94. The van der Waals surface area contributed by atoms with E-state index in [1.54, 1.807) is 6.20 Å². The molecule has 0 aromatic carbocycles. The molecule has 88 valence electrons. The quantitative estimate of drug-likeness (QED) is 0.714. The molecule has 0 spiro atoms. The van der Waals surface area contributed by atoms with Crippen molar-refractivity contribution in [3.63, 3.8) is 0 Å². The van der Waals surface area contributed by atoms with Gasteiger partial charge in [-0.05, 0) is 18.8 Å². The van der Waals surface area contributed by atoms with E-state index < -0.39 is 0 Å². The van der Waals surface area contributed by atoms with Crippen molar-refractivity contribution in [1.29, 1.82) is 0 Å². The van der Waals surface area contributed by atoms with E-state index in [9.17, 15) is 4.79 Å². The van der Waals surface area contributed by atoms with Gasteiger partial charge >= 0.3 is 0 Å². The molecule has 1 aromatic rings. The fraction of sp³-hybridized carbons (Fsp3) is 0.636. The molecule has 0 saturated heterocycles. The Balaban J connectivity index is 1.59. The first-order valence-corrected chi connectivity index (χ1v) is 5.69. The molecule has 1 aromatic heterocycles. The fourth-order valence-electron chi connectivity index (χ4n) is 1.50. The summed E-state index contributed by atoms with van der Waals surface area (Å²) in [5.74, 6) is 1.74. The molecule has 1 aliphatic rings. The van der Waals surface area contributed by atoms with Gasteiger partial charge in [-0.1, -0.05) is 0 Å². The first kappa shape index (κ1) is 11.1. The normalized spacial score (nSPS) is 15.1. The molecule has 16 heavy (non-hydrogen) atoms. The number of amides is 1. The Labute approximate surface area is 95.2 Å². The summed E-state index contributed by atoms with van der Waals surface area (Å²) >= 11 is 0. The highest BCUT2D eigenvalue weighted by molar-refractivity contribution is 5.77. The average molecular weight is 222 g/mol. The summed E-state index contributed by atoms with van der Waals surface area (Å²) in [5, 5.41) is 5.99. The SMILES string of the molecule is Cn1ccnc1CNCC(=O)NCC1CC1. The van der Waals surface area contributed by atoms with Gasteiger partial charge in [-0.25, -0.2) is 4.98 Å². The third-order valence-electron chi connectivity index (χ3n) is 2.77. The Bertz CT molecular complexity index is 357. The van der Waals surface area contributed by atoms with Gasteiger partial charge in [0.15, 0.2) is 0 Å². The van der Waals surface area contributed by atoms with E-state index in [4.69, 9.17) is 0 Å². The minimum atomic E-state index is 0.0705. The smallest absolute Gasteiger partial charge is 0.233 e. The van der Waals surface area contributed by atoms with E-state index in [1.165, 1.54) is 12.8 Å². The van der Waals surface area contributed by atoms with Crippen molar-refractivity contribution in [2.24, 2.45) is 13.0 Å². The van der Waals surface area contributed by atoms with Gasteiger partial charge in [0.2, 0.25) is 5.91 Å². The van der Waals surface area contributed by atoms with Gasteiger partial charge in [0, 0.05) is 26.0 Å². The molecule has 2 N–H and O–H groups in total. The molecular formula is C11H18N4O. The van der Waals surface area contributed by atoms with Crippen LogP contribution in [0.1, 0.15) is 18.7 Å². The maximum absolute atomic E-state index is 11.4. The lowest BCUT2D eigenvalue weighted by atomic mass is 10.4. The number of hydrogen-bond donors (Lipinski definition) is 2. The summed E-state index contributed by atoms with van der Waals surface area (Å²) in [6.07, 6.45) is 6.18. The van der Waals surface area contributed by atoms with Gasteiger partial charge in [-0.2, -0.15) is 0 Å². The topological polar surface area (TPSA) is 59.0 Å². The second kappa shape index (κ2) is 5.12. The second-order valence-electron chi connectivity index (χ2n) is 4.31. The van der Waals surface area contributed by atoms with E-state index in [2.05, 4.69) is 15.6 Å². The Morgan fingerprint density at radius 1 is 1.62 bits per heavy atom. The Morgan fingerprint density at radius 3 is 3.06 bits per heavy atom. The first-order chi connectivity index (χ1) is 7.75. The van der Waals surface area contributed by atoms with Crippen molar-refractivity contribution < 1.29 is 4.79 Å². The molecule has 5 nitrogen and oxygen atoms in total. The number of nitrogens with one attached hydrogen (secondary N) is 2. The third-order valence-corrected chi connectivity index (χ3v) is 2.77. The van der Waals surface area contributed by atoms with Crippen LogP contribution in [-0.4, -0.2) is 28.5 Å². The number of carbonyl (C=O) groups excluding carboxylic acids is 1. The second-order valence-corrected chi connectivity index (χ2v) is 4.31. The van der Waals surface area contributed by atoms with E-state index in [0.717, 1.165) is 18.3 Å². The number of hydrogen-bond acceptors (Lipinski definition) is 3. The van der Waals surface area contributed by atoms with Crippen LogP contribution in [0.2, 0.25) is 0 Å². The highest BCUT2D eigenvalue weighted by Crippen LogP contribution is 2.27. The molecule has 2 rings (SSSR count). The van der Waals surface area contributed by atoms with Crippen LogP contribution in [0.25, 0.3) is 0 Å². The monoisotopic (exact) mass is 222 g/mol. The number of rotatable bonds is 6. The molecule has 0 atom stereocenters. The van der Waals surface area contributed by atoms with Crippen molar-refractivity contribution in [2.75, 3.05) is 13.1 Å². The number of aromatic nitrogens is 2. The van der Waals surface area contributed by atoms with Gasteiger partial charge in [-0.15, -0.1) is 0 Å². The van der Waals surface area contributed by atoms with E-state index >= 15 is 0 Å². The third kappa shape index (κ3) is 3.34. The van der Waals surface area contributed by atoms with Crippen molar-refractivity contribution in [2.45, 2.75) is 19.4 Å². The molecule has 0 unspecified atom stereocenters. The lowest BCUT2D eigenvalue weighted by Crippen LogP contribution is -2.35. The molecule has 1 saturated carbocycles. The number of aryl methyl sites for hydroxylation is 1. The molecule has 1 fully saturated rings. The van der Waals surface area contributed by atoms with Crippen molar-refractivity contribution in [1.82, 2.24) is 20.2 Å².